The van der Waals surface area contributed by atoms with Crippen molar-refractivity contribution in [1.82, 2.24) is 15.1 Å². The average molecular weight is 418 g/mol. The van der Waals surface area contributed by atoms with E-state index in [1.165, 1.54) is 6.42 Å². The van der Waals surface area contributed by atoms with Crippen LogP contribution in [0.4, 0.5) is 5.69 Å². The first-order valence-electron chi connectivity index (χ1n) is 11.2. The molecule has 3 rings (SSSR count). The van der Waals surface area contributed by atoms with Gasteiger partial charge in [-0.1, -0.05) is 12.1 Å². The molecule has 1 N–H and O–H groups in total. The Balaban J connectivity index is 1.40. The molecule has 0 aromatic heterocycles. The van der Waals surface area contributed by atoms with Gasteiger partial charge < -0.3 is 15.0 Å². The first kappa shape index (κ1) is 22.5. The lowest BCUT2D eigenvalue weighted by atomic mass is 10.1. The van der Waals surface area contributed by atoms with Crippen LogP contribution < -0.4 is 5.32 Å². The van der Waals surface area contributed by atoms with Crippen molar-refractivity contribution in [2.45, 2.75) is 32.6 Å². The van der Waals surface area contributed by atoms with E-state index in [0.29, 0.717) is 5.92 Å². The largest absolute Gasteiger partial charge is 0.379 e. The van der Waals surface area contributed by atoms with Crippen molar-refractivity contribution in [2.75, 3.05) is 59.0 Å². The SMILES string of the molecule is CCNC(=NCCCCc1ccc([N+](=O)[O-])cc1)N1CCC(CN2CCOCC2)C1. The summed E-state index contributed by atoms with van der Waals surface area (Å²) in [6.07, 6.45) is 4.19. The maximum absolute atomic E-state index is 10.7. The number of hydrogen-bond donors (Lipinski definition) is 1. The van der Waals surface area contributed by atoms with E-state index in [4.69, 9.17) is 9.73 Å². The van der Waals surface area contributed by atoms with E-state index in [-0.39, 0.29) is 10.6 Å². The van der Waals surface area contributed by atoms with Crippen molar-refractivity contribution in [3.63, 3.8) is 0 Å². The minimum absolute atomic E-state index is 0.149. The number of nitrogens with one attached hydrogen (secondary N) is 1. The molecule has 2 aliphatic rings. The zero-order chi connectivity index (χ0) is 21.2. The number of ether oxygens (including phenoxy) is 1. The number of aryl methyl sites for hydroxylation is 1. The highest BCUT2D eigenvalue weighted by Crippen LogP contribution is 2.18. The Kier molecular flexibility index (Phi) is 8.89. The van der Waals surface area contributed by atoms with E-state index in [1.54, 1.807) is 12.1 Å². The average Bonchev–Trinajstić information content (AvgIpc) is 3.22. The van der Waals surface area contributed by atoms with E-state index in [0.717, 1.165) is 89.8 Å². The Morgan fingerprint density at radius 1 is 1.23 bits per heavy atom. The van der Waals surface area contributed by atoms with Crippen LogP contribution in [0.25, 0.3) is 0 Å². The molecule has 1 unspecified atom stereocenters. The second kappa shape index (κ2) is 11.9. The van der Waals surface area contributed by atoms with Gasteiger partial charge in [-0.15, -0.1) is 0 Å². The molecule has 0 amide bonds. The van der Waals surface area contributed by atoms with Crippen molar-refractivity contribution in [3.8, 4) is 0 Å². The zero-order valence-corrected chi connectivity index (χ0v) is 18.1. The third-order valence-corrected chi connectivity index (χ3v) is 5.82. The molecule has 1 aromatic carbocycles. The summed E-state index contributed by atoms with van der Waals surface area (Å²) < 4.78 is 5.45. The van der Waals surface area contributed by atoms with Crippen molar-refractivity contribution in [1.29, 1.82) is 0 Å². The van der Waals surface area contributed by atoms with Gasteiger partial charge in [0, 0.05) is 57.9 Å². The third-order valence-electron chi connectivity index (χ3n) is 5.82. The predicted molar refractivity (Wildman–Crippen MR) is 119 cm³/mol. The van der Waals surface area contributed by atoms with Crippen molar-refractivity contribution in [2.24, 2.45) is 10.9 Å². The van der Waals surface area contributed by atoms with Crippen molar-refractivity contribution >= 4 is 11.6 Å². The van der Waals surface area contributed by atoms with Gasteiger partial charge in [0.15, 0.2) is 5.96 Å². The van der Waals surface area contributed by atoms with Crippen LogP contribution in [0.3, 0.4) is 0 Å². The summed E-state index contributed by atoms with van der Waals surface area (Å²) >= 11 is 0. The number of likely N-dealkylation sites (tertiary alicyclic amines) is 1. The van der Waals surface area contributed by atoms with E-state index in [1.807, 2.05) is 12.1 Å². The molecule has 166 valence electrons. The molecule has 0 bridgehead atoms. The zero-order valence-electron chi connectivity index (χ0n) is 18.1. The van der Waals surface area contributed by atoms with Crippen LogP contribution in [0.1, 0.15) is 31.7 Å². The molecule has 2 aliphatic heterocycles. The summed E-state index contributed by atoms with van der Waals surface area (Å²) in [5.74, 6) is 1.74. The van der Waals surface area contributed by atoms with Gasteiger partial charge in [0.2, 0.25) is 0 Å². The second-order valence-electron chi connectivity index (χ2n) is 8.13. The number of non-ortho nitro benzene ring substituents is 1. The summed E-state index contributed by atoms with van der Waals surface area (Å²) in [7, 11) is 0. The third kappa shape index (κ3) is 6.95. The molecule has 1 aromatic rings. The number of benzene rings is 1. The van der Waals surface area contributed by atoms with Crippen LogP contribution in [0.5, 0.6) is 0 Å². The molecule has 2 heterocycles. The van der Waals surface area contributed by atoms with E-state index in [9.17, 15) is 10.1 Å². The summed E-state index contributed by atoms with van der Waals surface area (Å²) in [6, 6.07) is 6.86. The summed E-state index contributed by atoms with van der Waals surface area (Å²) in [5.41, 5.74) is 1.29. The number of aliphatic imine (C=N–C) groups is 1. The highest BCUT2D eigenvalue weighted by atomic mass is 16.6. The number of hydrogen-bond acceptors (Lipinski definition) is 5. The highest BCUT2D eigenvalue weighted by Gasteiger charge is 2.27. The Morgan fingerprint density at radius 3 is 2.70 bits per heavy atom. The molecular formula is C22H35N5O3. The minimum atomic E-state index is -0.357. The van der Waals surface area contributed by atoms with Gasteiger partial charge in [0.05, 0.1) is 18.1 Å². The van der Waals surface area contributed by atoms with Crippen molar-refractivity contribution in [3.05, 3.63) is 39.9 Å². The molecule has 0 radical (unpaired) electrons. The number of nitro benzene ring substituents is 1. The Labute approximate surface area is 179 Å². The van der Waals surface area contributed by atoms with Crippen LogP contribution in [0.15, 0.2) is 29.3 Å². The Bertz CT molecular complexity index is 689. The van der Waals surface area contributed by atoms with Crippen LogP contribution in [0.2, 0.25) is 0 Å². The van der Waals surface area contributed by atoms with Gasteiger partial charge in [0.25, 0.3) is 5.69 Å². The summed E-state index contributed by atoms with van der Waals surface area (Å²) in [6.45, 7) is 10.9. The number of rotatable bonds is 9. The molecular weight excluding hydrogens is 382 g/mol. The molecule has 1 atom stereocenters. The molecule has 8 heteroatoms. The normalized spacial score (nSPS) is 20.5. The lowest BCUT2D eigenvalue weighted by Gasteiger charge is -2.29. The maximum atomic E-state index is 10.7. The fourth-order valence-electron chi connectivity index (χ4n) is 4.16. The van der Waals surface area contributed by atoms with Gasteiger partial charge >= 0.3 is 0 Å². The number of morpholine rings is 1. The van der Waals surface area contributed by atoms with Gasteiger partial charge in [-0.2, -0.15) is 0 Å². The Morgan fingerprint density at radius 2 is 2.00 bits per heavy atom. The van der Waals surface area contributed by atoms with E-state index >= 15 is 0 Å². The van der Waals surface area contributed by atoms with E-state index < -0.39 is 0 Å². The number of nitro groups is 1. The lowest BCUT2D eigenvalue weighted by molar-refractivity contribution is -0.384. The van der Waals surface area contributed by atoms with Crippen molar-refractivity contribution < 1.29 is 9.66 Å². The molecule has 0 saturated carbocycles. The molecule has 8 nitrogen and oxygen atoms in total. The molecule has 0 spiro atoms. The first-order chi connectivity index (χ1) is 14.7. The van der Waals surface area contributed by atoms with Gasteiger partial charge in [-0.05, 0) is 44.1 Å². The predicted octanol–water partition coefficient (Wildman–Crippen LogP) is 2.54. The molecule has 2 saturated heterocycles. The molecule has 2 fully saturated rings. The topological polar surface area (TPSA) is 83.2 Å². The van der Waals surface area contributed by atoms with Gasteiger partial charge in [-0.25, -0.2) is 0 Å². The second-order valence-corrected chi connectivity index (χ2v) is 8.13. The Hall–Kier alpha value is -2.19. The molecule has 30 heavy (non-hydrogen) atoms. The maximum Gasteiger partial charge on any atom is 0.269 e. The van der Waals surface area contributed by atoms with Crippen LogP contribution in [-0.4, -0.2) is 79.7 Å². The summed E-state index contributed by atoms with van der Waals surface area (Å²) in [5, 5.41) is 14.2. The summed E-state index contributed by atoms with van der Waals surface area (Å²) in [4.78, 5) is 20.2. The number of unbranched alkanes of at least 4 members (excludes halogenated alkanes) is 1. The monoisotopic (exact) mass is 417 g/mol. The van der Waals surface area contributed by atoms with Crippen LogP contribution >= 0.6 is 0 Å². The lowest BCUT2D eigenvalue weighted by Crippen LogP contribution is -2.42. The van der Waals surface area contributed by atoms with Gasteiger partial charge in [0.1, 0.15) is 0 Å². The smallest absolute Gasteiger partial charge is 0.269 e. The van der Waals surface area contributed by atoms with Crippen LogP contribution in [0, 0.1) is 16.0 Å². The first-order valence-corrected chi connectivity index (χ1v) is 11.2. The van der Waals surface area contributed by atoms with Crippen LogP contribution in [-0.2, 0) is 11.2 Å². The highest BCUT2D eigenvalue weighted by molar-refractivity contribution is 5.80. The number of nitrogens with zero attached hydrogens (tertiary/aromatic N) is 4. The molecule has 0 aliphatic carbocycles. The number of guanidine groups is 1. The van der Waals surface area contributed by atoms with Gasteiger partial charge in [-0.3, -0.25) is 20.0 Å². The quantitative estimate of drug-likeness (QED) is 0.219. The fourth-order valence-corrected chi connectivity index (χ4v) is 4.16. The van der Waals surface area contributed by atoms with E-state index in [2.05, 4.69) is 22.0 Å². The fraction of sp³-hybridized carbons (Fsp3) is 0.682. The standard InChI is InChI=1S/C22H35N5O3/c1-2-23-22(26-12-10-20(18-26)17-25-13-15-30-16-14-25)24-11-4-3-5-19-6-8-21(9-7-19)27(28)29/h6-9,20H,2-5,10-18H2,1H3,(H,23,24). The minimum Gasteiger partial charge on any atom is -0.379 e.